The van der Waals surface area contributed by atoms with Crippen molar-refractivity contribution >= 4 is 11.8 Å². The van der Waals surface area contributed by atoms with Crippen molar-refractivity contribution in [2.45, 2.75) is 64.2 Å². The van der Waals surface area contributed by atoms with E-state index >= 15 is 0 Å². The summed E-state index contributed by atoms with van der Waals surface area (Å²) in [5.41, 5.74) is 2.11. The third-order valence-electron chi connectivity index (χ3n) is 5.10. The first-order valence-electron chi connectivity index (χ1n) is 8.68. The van der Waals surface area contributed by atoms with Crippen LogP contribution in [0.25, 0.3) is 0 Å². The number of hydrogen-bond acceptors (Lipinski definition) is 1. The van der Waals surface area contributed by atoms with Gasteiger partial charge in [0.25, 0.3) is 0 Å². The minimum absolute atomic E-state index is 0.659. The number of benzene rings is 1. The molecule has 1 amide bonds. The lowest BCUT2D eigenvalue weighted by molar-refractivity contribution is 0.203. The van der Waals surface area contributed by atoms with Crippen LogP contribution in [-0.2, 0) is 0 Å². The molecule has 1 fully saturated rings. The van der Waals surface area contributed by atoms with Gasteiger partial charge in [-0.25, -0.2) is 4.79 Å². The van der Waals surface area contributed by atoms with E-state index in [0.29, 0.717) is 5.92 Å². The first-order chi connectivity index (χ1) is 10.6. The average Bonchev–Trinajstić information content (AvgIpc) is 2.55. The molecular formula is C19H29NO2. The fourth-order valence-corrected chi connectivity index (χ4v) is 3.55. The molecule has 1 aromatic carbocycles. The number of rotatable bonds is 6. The minimum Gasteiger partial charge on any atom is -0.465 e. The second-order valence-corrected chi connectivity index (χ2v) is 6.65. The van der Waals surface area contributed by atoms with E-state index in [1.165, 1.54) is 61.8 Å². The highest BCUT2D eigenvalue weighted by molar-refractivity contribution is 5.85. The van der Waals surface area contributed by atoms with Gasteiger partial charge in [0, 0.05) is 12.7 Å². The highest BCUT2D eigenvalue weighted by Gasteiger charge is 2.22. The van der Waals surface area contributed by atoms with Crippen LogP contribution in [-0.4, -0.2) is 18.2 Å². The second-order valence-electron chi connectivity index (χ2n) is 6.65. The third-order valence-corrected chi connectivity index (χ3v) is 5.10. The number of hydrogen-bond donors (Lipinski definition) is 1. The van der Waals surface area contributed by atoms with Gasteiger partial charge in [0.15, 0.2) is 0 Å². The second kappa shape index (κ2) is 8.21. The lowest BCUT2D eigenvalue weighted by Gasteiger charge is -2.29. The molecule has 122 valence electrons. The highest BCUT2D eigenvalue weighted by atomic mass is 16.4. The number of unbranched alkanes of at least 4 members (excludes halogenated alkanes) is 2. The van der Waals surface area contributed by atoms with Crippen molar-refractivity contribution in [3.8, 4) is 0 Å². The van der Waals surface area contributed by atoms with E-state index in [2.05, 4.69) is 19.1 Å². The quantitative estimate of drug-likeness (QED) is 0.689. The number of anilines is 1. The molecule has 1 N–H and O–H groups in total. The molecule has 1 aliphatic rings. The zero-order valence-electron chi connectivity index (χ0n) is 13.9. The number of amides is 1. The maximum atomic E-state index is 11.0. The van der Waals surface area contributed by atoms with Gasteiger partial charge >= 0.3 is 6.09 Å². The molecule has 0 bridgehead atoms. The van der Waals surface area contributed by atoms with Crippen molar-refractivity contribution in [3.63, 3.8) is 0 Å². The fourth-order valence-electron chi connectivity index (χ4n) is 3.55. The van der Waals surface area contributed by atoms with Crippen LogP contribution in [0.1, 0.15) is 69.8 Å². The molecule has 22 heavy (non-hydrogen) atoms. The summed E-state index contributed by atoms with van der Waals surface area (Å²) < 4.78 is 0. The van der Waals surface area contributed by atoms with Crippen molar-refractivity contribution in [1.82, 2.24) is 0 Å². The predicted molar refractivity (Wildman–Crippen MR) is 91.7 cm³/mol. The summed E-state index contributed by atoms with van der Waals surface area (Å²) >= 11 is 0. The molecule has 1 aromatic rings. The largest absolute Gasteiger partial charge is 0.465 e. The Hall–Kier alpha value is -1.51. The van der Waals surface area contributed by atoms with Gasteiger partial charge < -0.3 is 5.11 Å². The number of carboxylic acid groups (broad SMARTS) is 1. The summed E-state index contributed by atoms with van der Waals surface area (Å²) in [5.74, 6) is 1.59. The topological polar surface area (TPSA) is 40.5 Å². The van der Waals surface area contributed by atoms with E-state index < -0.39 is 6.09 Å². The SMILES string of the molecule is CCCCC[C@H]1CC[C@H](c2ccc(N(C)C(=O)O)cc2)CC1. The van der Waals surface area contributed by atoms with Gasteiger partial charge in [-0.1, -0.05) is 44.7 Å². The Bertz CT molecular complexity index is 461. The summed E-state index contributed by atoms with van der Waals surface area (Å²) in [4.78, 5) is 12.2. The van der Waals surface area contributed by atoms with E-state index in [4.69, 9.17) is 5.11 Å². The minimum atomic E-state index is -0.916. The van der Waals surface area contributed by atoms with Crippen molar-refractivity contribution < 1.29 is 9.90 Å². The van der Waals surface area contributed by atoms with Gasteiger partial charge in [0.05, 0.1) is 0 Å². The van der Waals surface area contributed by atoms with Crippen LogP contribution < -0.4 is 4.90 Å². The van der Waals surface area contributed by atoms with Crippen LogP contribution in [0, 0.1) is 5.92 Å². The van der Waals surface area contributed by atoms with Gasteiger partial charge in [-0.3, -0.25) is 4.90 Å². The van der Waals surface area contributed by atoms with Gasteiger partial charge in [-0.2, -0.15) is 0 Å². The van der Waals surface area contributed by atoms with E-state index in [9.17, 15) is 4.79 Å². The molecule has 0 heterocycles. The van der Waals surface area contributed by atoms with Crippen LogP contribution in [0.2, 0.25) is 0 Å². The summed E-state index contributed by atoms with van der Waals surface area (Å²) in [5, 5.41) is 9.00. The number of nitrogens with zero attached hydrogens (tertiary/aromatic N) is 1. The molecule has 1 aliphatic carbocycles. The monoisotopic (exact) mass is 303 g/mol. The Kier molecular flexibility index (Phi) is 6.29. The Labute approximate surface area is 134 Å². The lowest BCUT2D eigenvalue weighted by atomic mass is 9.77. The normalized spacial score (nSPS) is 21.5. The molecule has 0 aliphatic heterocycles. The van der Waals surface area contributed by atoms with Crippen molar-refractivity contribution in [3.05, 3.63) is 29.8 Å². The Morgan fingerprint density at radius 2 is 1.77 bits per heavy atom. The van der Waals surface area contributed by atoms with Crippen LogP contribution in [0.5, 0.6) is 0 Å². The van der Waals surface area contributed by atoms with E-state index in [0.717, 1.165) is 11.6 Å². The molecule has 0 aromatic heterocycles. The van der Waals surface area contributed by atoms with Gasteiger partial charge in [0.2, 0.25) is 0 Å². The Balaban J connectivity index is 1.85. The van der Waals surface area contributed by atoms with E-state index in [1.807, 2.05) is 12.1 Å². The summed E-state index contributed by atoms with van der Waals surface area (Å²) in [7, 11) is 1.58. The third kappa shape index (κ3) is 4.49. The molecule has 0 spiro atoms. The maximum Gasteiger partial charge on any atom is 0.411 e. The molecule has 0 unspecified atom stereocenters. The predicted octanol–water partition coefficient (Wildman–Crippen LogP) is 5.65. The summed E-state index contributed by atoms with van der Waals surface area (Å²) in [6, 6.07) is 8.07. The molecule has 0 saturated heterocycles. The Morgan fingerprint density at radius 1 is 1.14 bits per heavy atom. The molecule has 1 saturated carbocycles. The molecule has 3 nitrogen and oxygen atoms in total. The average molecular weight is 303 g/mol. The summed E-state index contributed by atoms with van der Waals surface area (Å²) in [6.45, 7) is 2.27. The van der Waals surface area contributed by atoms with Crippen LogP contribution in [0.4, 0.5) is 10.5 Å². The van der Waals surface area contributed by atoms with Gasteiger partial charge in [-0.15, -0.1) is 0 Å². The van der Waals surface area contributed by atoms with Crippen LogP contribution in [0.3, 0.4) is 0 Å². The zero-order chi connectivity index (χ0) is 15.9. The van der Waals surface area contributed by atoms with E-state index in [1.54, 1.807) is 7.05 Å². The first kappa shape index (κ1) is 16.9. The molecule has 0 atom stereocenters. The first-order valence-corrected chi connectivity index (χ1v) is 8.68. The highest BCUT2D eigenvalue weighted by Crippen LogP contribution is 2.38. The maximum absolute atomic E-state index is 11.0. The van der Waals surface area contributed by atoms with Crippen molar-refractivity contribution in [1.29, 1.82) is 0 Å². The standard InChI is InChI=1S/C19H29NO2/c1-3-4-5-6-15-7-9-16(10-8-15)17-11-13-18(14-12-17)20(2)19(21)22/h11-16H,3-10H2,1-2H3,(H,21,22)/t15-,16-. The van der Waals surface area contributed by atoms with E-state index in [-0.39, 0.29) is 0 Å². The van der Waals surface area contributed by atoms with Crippen molar-refractivity contribution in [2.24, 2.45) is 5.92 Å². The van der Waals surface area contributed by atoms with Gasteiger partial charge in [0.1, 0.15) is 0 Å². The van der Waals surface area contributed by atoms with Gasteiger partial charge in [-0.05, 0) is 55.2 Å². The molecule has 0 radical (unpaired) electrons. The summed E-state index contributed by atoms with van der Waals surface area (Å²) in [6.07, 6.45) is 9.84. The van der Waals surface area contributed by atoms with Crippen LogP contribution >= 0.6 is 0 Å². The molecule has 3 heteroatoms. The molecular weight excluding hydrogens is 274 g/mol. The smallest absolute Gasteiger partial charge is 0.411 e. The zero-order valence-corrected chi connectivity index (χ0v) is 13.9. The molecule has 2 rings (SSSR count). The Morgan fingerprint density at radius 3 is 2.32 bits per heavy atom. The lowest BCUT2D eigenvalue weighted by Crippen LogP contribution is -2.23. The fraction of sp³-hybridized carbons (Fsp3) is 0.632. The van der Waals surface area contributed by atoms with Crippen molar-refractivity contribution in [2.75, 3.05) is 11.9 Å². The van der Waals surface area contributed by atoms with Crippen LogP contribution in [0.15, 0.2) is 24.3 Å². The number of carbonyl (C=O) groups is 1.